The predicted octanol–water partition coefficient (Wildman–Crippen LogP) is 3.81. The molecule has 1 aromatic rings. The van der Waals surface area contributed by atoms with Gasteiger partial charge in [-0.1, -0.05) is 44.7 Å². The van der Waals surface area contributed by atoms with Crippen LogP contribution in [0.2, 0.25) is 0 Å². The topological polar surface area (TPSA) is 34.1 Å². The van der Waals surface area contributed by atoms with Gasteiger partial charge in [-0.25, -0.2) is 0 Å². The number of carbonyl (C=O) groups is 2. The summed E-state index contributed by atoms with van der Waals surface area (Å²) in [5.41, 5.74) is 1.52. The van der Waals surface area contributed by atoms with Crippen molar-refractivity contribution in [3.05, 3.63) is 35.4 Å². The maximum Gasteiger partial charge on any atom is 0.219 e. The lowest BCUT2D eigenvalue weighted by molar-refractivity contribution is 0.108. The number of aldehydes is 1. The number of thioether (sulfide) groups is 1. The maximum absolute atomic E-state index is 11.8. The van der Waals surface area contributed by atoms with Gasteiger partial charge in [-0.05, 0) is 24.0 Å². The van der Waals surface area contributed by atoms with Crippen LogP contribution >= 0.6 is 11.8 Å². The summed E-state index contributed by atoms with van der Waals surface area (Å²) in [5.74, 6) is 0.831. The first-order chi connectivity index (χ1) is 7.92. The van der Waals surface area contributed by atoms with E-state index in [4.69, 9.17) is 0 Å². The molecule has 0 spiro atoms. The SMILES string of the molecule is CC(C)(C)CCSC(=O)c1ccc(C=O)cc1. The fourth-order valence-corrected chi connectivity index (χ4v) is 2.43. The van der Waals surface area contributed by atoms with E-state index in [1.807, 2.05) is 0 Å². The summed E-state index contributed by atoms with van der Waals surface area (Å²) in [6.45, 7) is 6.49. The highest BCUT2D eigenvalue weighted by Gasteiger charge is 2.12. The summed E-state index contributed by atoms with van der Waals surface area (Å²) < 4.78 is 0. The van der Waals surface area contributed by atoms with Gasteiger partial charge in [0.25, 0.3) is 0 Å². The Labute approximate surface area is 107 Å². The summed E-state index contributed by atoms with van der Waals surface area (Å²) in [6, 6.07) is 6.75. The second-order valence-corrected chi connectivity index (χ2v) is 6.25. The van der Waals surface area contributed by atoms with Gasteiger partial charge in [-0.15, -0.1) is 0 Å². The number of benzene rings is 1. The van der Waals surface area contributed by atoms with Crippen LogP contribution in [0.4, 0.5) is 0 Å². The molecule has 1 aromatic carbocycles. The van der Waals surface area contributed by atoms with Crippen molar-refractivity contribution in [3.63, 3.8) is 0 Å². The molecule has 0 unspecified atom stereocenters. The Morgan fingerprint density at radius 2 is 1.82 bits per heavy atom. The summed E-state index contributed by atoms with van der Waals surface area (Å²) in [5, 5.41) is 0.0756. The minimum Gasteiger partial charge on any atom is -0.298 e. The molecule has 0 bridgehead atoms. The van der Waals surface area contributed by atoms with Gasteiger partial charge in [0.1, 0.15) is 6.29 Å². The number of rotatable bonds is 4. The average molecular weight is 250 g/mol. The van der Waals surface area contributed by atoms with Crippen LogP contribution in [0.5, 0.6) is 0 Å². The fraction of sp³-hybridized carbons (Fsp3) is 0.429. The minimum absolute atomic E-state index is 0.0756. The maximum atomic E-state index is 11.8. The third kappa shape index (κ3) is 5.18. The number of hydrogen-bond donors (Lipinski definition) is 0. The van der Waals surface area contributed by atoms with E-state index < -0.39 is 0 Å². The van der Waals surface area contributed by atoms with Gasteiger partial charge in [0.2, 0.25) is 5.12 Å². The van der Waals surface area contributed by atoms with E-state index in [9.17, 15) is 9.59 Å². The molecule has 0 atom stereocenters. The van der Waals surface area contributed by atoms with Gasteiger partial charge in [-0.2, -0.15) is 0 Å². The molecule has 3 heteroatoms. The molecule has 0 saturated heterocycles. The van der Waals surface area contributed by atoms with E-state index in [0.29, 0.717) is 11.1 Å². The van der Waals surface area contributed by atoms with E-state index in [2.05, 4.69) is 20.8 Å². The Kier molecular flexibility index (Phi) is 4.94. The summed E-state index contributed by atoms with van der Waals surface area (Å²) in [6.07, 6.45) is 1.79. The average Bonchev–Trinajstić information content (AvgIpc) is 2.27. The lowest BCUT2D eigenvalue weighted by Crippen LogP contribution is -2.07. The van der Waals surface area contributed by atoms with Gasteiger partial charge in [0, 0.05) is 16.9 Å². The molecule has 0 aliphatic heterocycles. The van der Waals surface area contributed by atoms with Crippen LogP contribution in [0.25, 0.3) is 0 Å². The molecule has 0 aliphatic carbocycles. The first kappa shape index (κ1) is 14.0. The van der Waals surface area contributed by atoms with Gasteiger partial charge in [0.05, 0.1) is 0 Å². The smallest absolute Gasteiger partial charge is 0.219 e. The van der Waals surface area contributed by atoms with Crippen LogP contribution in [-0.4, -0.2) is 17.2 Å². The Balaban J connectivity index is 2.49. The van der Waals surface area contributed by atoms with E-state index >= 15 is 0 Å². The van der Waals surface area contributed by atoms with Crippen molar-refractivity contribution in [2.24, 2.45) is 5.41 Å². The van der Waals surface area contributed by atoms with Crippen LogP contribution in [-0.2, 0) is 0 Å². The second-order valence-electron chi connectivity index (χ2n) is 5.19. The molecule has 0 saturated carbocycles. The third-order valence-electron chi connectivity index (χ3n) is 2.37. The van der Waals surface area contributed by atoms with Gasteiger partial charge in [0.15, 0.2) is 0 Å². The zero-order valence-corrected chi connectivity index (χ0v) is 11.3. The highest BCUT2D eigenvalue weighted by molar-refractivity contribution is 8.14. The molecule has 0 amide bonds. The molecule has 92 valence electrons. The van der Waals surface area contributed by atoms with Crippen molar-refractivity contribution in [3.8, 4) is 0 Å². The summed E-state index contributed by atoms with van der Waals surface area (Å²) in [4.78, 5) is 22.3. The molecule has 0 N–H and O–H groups in total. The predicted molar refractivity (Wildman–Crippen MR) is 72.7 cm³/mol. The van der Waals surface area contributed by atoms with Crippen LogP contribution in [0.15, 0.2) is 24.3 Å². The first-order valence-electron chi connectivity index (χ1n) is 5.65. The monoisotopic (exact) mass is 250 g/mol. The van der Waals surface area contributed by atoms with Crippen molar-refractivity contribution in [1.82, 2.24) is 0 Å². The quantitative estimate of drug-likeness (QED) is 0.762. The molecule has 0 aliphatic rings. The zero-order chi connectivity index (χ0) is 12.9. The van der Waals surface area contributed by atoms with Crippen LogP contribution < -0.4 is 0 Å². The highest BCUT2D eigenvalue weighted by atomic mass is 32.2. The standard InChI is InChI=1S/C14H18O2S/c1-14(2,3)8-9-17-13(16)12-6-4-11(10-15)5-7-12/h4-7,10H,8-9H2,1-3H3. The van der Waals surface area contributed by atoms with Crippen molar-refractivity contribution in [2.45, 2.75) is 27.2 Å². The van der Waals surface area contributed by atoms with Crippen molar-refractivity contribution in [2.75, 3.05) is 5.75 Å². The van der Waals surface area contributed by atoms with Crippen molar-refractivity contribution >= 4 is 23.2 Å². The Bertz CT molecular complexity index is 388. The van der Waals surface area contributed by atoms with Crippen LogP contribution in [0, 0.1) is 5.41 Å². The van der Waals surface area contributed by atoms with Crippen LogP contribution in [0.1, 0.15) is 47.9 Å². The molecule has 0 aromatic heterocycles. The molecule has 2 nitrogen and oxygen atoms in total. The Hall–Kier alpha value is -1.09. The van der Waals surface area contributed by atoms with E-state index in [0.717, 1.165) is 18.5 Å². The first-order valence-corrected chi connectivity index (χ1v) is 6.63. The lowest BCUT2D eigenvalue weighted by Gasteiger charge is -2.16. The largest absolute Gasteiger partial charge is 0.298 e. The summed E-state index contributed by atoms with van der Waals surface area (Å²) in [7, 11) is 0. The van der Waals surface area contributed by atoms with Crippen molar-refractivity contribution in [1.29, 1.82) is 0 Å². The fourth-order valence-electron chi connectivity index (χ4n) is 1.23. The molecule has 0 radical (unpaired) electrons. The van der Waals surface area contributed by atoms with E-state index in [1.54, 1.807) is 24.3 Å². The Morgan fingerprint density at radius 3 is 2.29 bits per heavy atom. The summed E-state index contributed by atoms with van der Waals surface area (Å²) >= 11 is 1.34. The highest BCUT2D eigenvalue weighted by Crippen LogP contribution is 2.23. The molecule has 0 heterocycles. The van der Waals surface area contributed by atoms with Gasteiger partial charge < -0.3 is 0 Å². The third-order valence-corrected chi connectivity index (χ3v) is 3.27. The van der Waals surface area contributed by atoms with E-state index in [-0.39, 0.29) is 10.5 Å². The zero-order valence-electron chi connectivity index (χ0n) is 10.5. The molecular weight excluding hydrogens is 232 g/mol. The number of hydrogen-bond acceptors (Lipinski definition) is 3. The number of carbonyl (C=O) groups excluding carboxylic acids is 2. The van der Waals surface area contributed by atoms with Gasteiger partial charge >= 0.3 is 0 Å². The van der Waals surface area contributed by atoms with Crippen molar-refractivity contribution < 1.29 is 9.59 Å². The molecular formula is C14H18O2S. The Morgan fingerprint density at radius 1 is 1.24 bits per heavy atom. The molecule has 0 fully saturated rings. The van der Waals surface area contributed by atoms with Crippen LogP contribution in [0.3, 0.4) is 0 Å². The molecule has 1 rings (SSSR count). The van der Waals surface area contributed by atoms with E-state index in [1.165, 1.54) is 11.8 Å². The second kappa shape index (κ2) is 6.01. The van der Waals surface area contributed by atoms with Gasteiger partial charge in [-0.3, -0.25) is 9.59 Å². The molecule has 17 heavy (non-hydrogen) atoms. The lowest BCUT2D eigenvalue weighted by atomic mass is 9.94. The minimum atomic E-state index is 0.0756. The normalized spacial score (nSPS) is 11.2.